The van der Waals surface area contributed by atoms with Gasteiger partial charge in [-0.05, 0) is 58.5 Å². The second-order valence-electron chi connectivity index (χ2n) is 6.75. The van der Waals surface area contributed by atoms with Gasteiger partial charge in [0, 0.05) is 9.26 Å². The molecule has 0 unspecified atom stereocenters. The SMILES string of the molecule is O=C(C[NH+]1CC[NH+](C/C=C/c2ccccc2)CC1)Nc1ccc(I)cc1. The van der Waals surface area contributed by atoms with Gasteiger partial charge in [0.05, 0.1) is 6.54 Å². The van der Waals surface area contributed by atoms with Gasteiger partial charge < -0.3 is 15.1 Å². The van der Waals surface area contributed by atoms with E-state index in [0.717, 1.165) is 38.4 Å². The van der Waals surface area contributed by atoms with Crippen molar-refractivity contribution in [2.24, 2.45) is 0 Å². The molecular formula is C21H26IN3O+2. The Balaban J connectivity index is 1.37. The van der Waals surface area contributed by atoms with Crippen molar-refractivity contribution in [3.05, 3.63) is 69.8 Å². The lowest BCUT2D eigenvalue weighted by atomic mass is 10.2. The molecule has 0 saturated carbocycles. The molecule has 1 aliphatic rings. The van der Waals surface area contributed by atoms with Gasteiger partial charge in [-0.1, -0.05) is 36.4 Å². The summed E-state index contributed by atoms with van der Waals surface area (Å²) < 4.78 is 1.17. The minimum absolute atomic E-state index is 0.105. The first kappa shape index (κ1) is 19.1. The minimum Gasteiger partial charge on any atom is -0.322 e. The Morgan fingerprint density at radius 2 is 1.62 bits per heavy atom. The molecule has 5 heteroatoms. The van der Waals surface area contributed by atoms with Crippen LogP contribution in [0, 0.1) is 3.57 Å². The van der Waals surface area contributed by atoms with Crippen LogP contribution >= 0.6 is 22.6 Å². The second-order valence-corrected chi connectivity index (χ2v) is 7.99. The van der Waals surface area contributed by atoms with Crippen LogP contribution in [0.5, 0.6) is 0 Å². The Labute approximate surface area is 169 Å². The van der Waals surface area contributed by atoms with Crippen LogP contribution in [0.25, 0.3) is 6.08 Å². The van der Waals surface area contributed by atoms with Gasteiger partial charge >= 0.3 is 0 Å². The molecule has 1 heterocycles. The lowest BCUT2D eigenvalue weighted by Gasteiger charge is -2.28. The maximum atomic E-state index is 12.2. The number of hydrogen-bond donors (Lipinski definition) is 3. The molecule has 3 rings (SSSR count). The van der Waals surface area contributed by atoms with Crippen LogP contribution in [0.1, 0.15) is 5.56 Å². The first-order valence-electron chi connectivity index (χ1n) is 9.13. The highest BCUT2D eigenvalue weighted by Gasteiger charge is 2.23. The average molecular weight is 463 g/mol. The largest absolute Gasteiger partial charge is 0.322 e. The molecule has 26 heavy (non-hydrogen) atoms. The average Bonchev–Trinajstić information content (AvgIpc) is 2.66. The summed E-state index contributed by atoms with van der Waals surface area (Å²) >= 11 is 2.27. The van der Waals surface area contributed by atoms with Crippen molar-refractivity contribution in [2.45, 2.75) is 0 Å². The van der Waals surface area contributed by atoms with Crippen LogP contribution in [0.4, 0.5) is 5.69 Å². The number of rotatable bonds is 6. The molecule has 2 aromatic carbocycles. The fourth-order valence-electron chi connectivity index (χ4n) is 3.23. The van der Waals surface area contributed by atoms with Crippen molar-refractivity contribution in [1.29, 1.82) is 0 Å². The van der Waals surface area contributed by atoms with E-state index in [-0.39, 0.29) is 5.91 Å². The summed E-state index contributed by atoms with van der Waals surface area (Å²) in [6, 6.07) is 18.3. The number of halogens is 1. The molecule has 0 aromatic heterocycles. The fraction of sp³-hybridized carbons (Fsp3) is 0.286. The monoisotopic (exact) mass is 463 g/mol. The Morgan fingerprint density at radius 1 is 0.962 bits per heavy atom. The van der Waals surface area contributed by atoms with E-state index in [2.05, 4.69) is 64.3 Å². The van der Waals surface area contributed by atoms with Crippen molar-refractivity contribution in [3.8, 4) is 0 Å². The summed E-state index contributed by atoms with van der Waals surface area (Å²) in [5, 5.41) is 3.00. The maximum Gasteiger partial charge on any atom is 0.279 e. The van der Waals surface area contributed by atoms with E-state index in [1.54, 1.807) is 4.90 Å². The summed E-state index contributed by atoms with van der Waals surface area (Å²) in [6.07, 6.45) is 4.46. The molecule has 0 spiro atoms. The molecule has 1 amide bonds. The number of piperazine rings is 1. The normalized spacial score (nSPS) is 20.2. The van der Waals surface area contributed by atoms with Crippen LogP contribution < -0.4 is 15.1 Å². The summed E-state index contributed by atoms with van der Waals surface area (Å²) in [5.41, 5.74) is 2.13. The number of nitrogens with one attached hydrogen (secondary N) is 3. The highest BCUT2D eigenvalue weighted by Crippen LogP contribution is 2.10. The summed E-state index contributed by atoms with van der Waals surface area (Å²) in [5.74, 6) is 0.105. The van der Waals surface area contributed by atoms with E-state index in [1.165, 1.54) is 14.0 Å². The Bertz CT molecular complexity index is 723. The molecule has 0 radical (unpaired) electrons. The maximum absolute atomic E-state index is 12.2. The Kier molecular flexibility index (Phi) is 7.22. The Hall–Kier alpha value is -1.70. The van der Waals surface area contributed by atoms with E-state index in [9.17, 15) is 4.79 Å². The van der Waals surface area contributed by atoms with Crippen LogP contribution in [-0.2, 0) is 4.79 Å². The molecule has 136 valence electrons. The number of hydrogen-bond acceptors (Lipinski definition) is 1. The summed E-state index contributed by atoms with van der Waals surface area (Å²) in [7, 11) is 0. The molecule has 1 saturated heterocycles. The first-order chi connectivity index (χ1) is 12.7. The van der Waals surface area contributed by atoms with Crippen molar-refractivity contribution in [2.75, 3.05) is 44.6 Å². The van der Waals surface area contributed by atoms with Gasteiger partial charge in [0.25, 0.3) is 5.91 Å². The highest BCUT2D eigenvalue weighted by atomic mass is 127. The number of quaternary nitrogens is 2. The van der Waals surface area contributed by atoms with Gasteiger partial charge in [-0.25, -0.2) is 0 Å². The molecule has 1 aliphatic heterocycles. The molecule has 1 fully saturated rings. The third-order valence-electron chi connectivity index (χ3n) is 4.72. The predicted octanol–water partition coefficient (Wildman–Crippen LogP) is 0.727. The highest BCUT2D eigenvalue weighted by molar-refractivity contribution is 14.1. The van der Waals surface area contributed by atoms with E-state index in [0.29, 0.717) is 6.54 Å². The zero-order valence-corrected chi connectivity index (χ0v) is 17.0. The van der Waals surface area contributed by atoms with Crippen molar-refractivity contribution in [1.82, 2.24) is 0 Å². The van der Waals surface area contributed by atoms with E-state index in [4.69, 9.17) is 0 Å². The second kappa shape index (κ2) is 9.85. The number of carbonyl (C=O) groups excluding carboxylic acids is 1. The standard InChI is InChI=1S/C21H24IN3O/c22-19-8-10-20(11-9-19)23-21(26)17-25-15-13-24(14-16-25)12-4-7-18-5-2-1-3-6-18/h1-11H,12-17H2,(H,23,26)/p+2/b7-4+. The third kappa shape index (κ3) is 6.23. The van der Waals surface area contributed by atoms with Crippen molar-refractivity contribution in [3.63, 3.8) is 0 Å². The summed E-state index contributed by atoms with van der Waals surface area (Å²) in [6.45, 7) is 5.94. The van der Waals surface area contributed by atoms with Crippen LogP contribution in [0.3, 0.4) is 0 Å². The Morgan fingerprint density at radius 3 is 2.31 bits per heavy atom. The molecular weight excluding hydrogens is 437 g/mol. The van der Waals surface area contributed by atoms with E-state index in [1.807, 2.05) is 30.3 Å². The lowest BCUT2D eigenvalue weighted by Crippen LogP contribution is -3.28. The van der Waals surface area contributed by atoms with Crippen LogP contribution in [-0.4, -0.2) is 45.2 Å². The predicted molar refractivity (Wildman–Crippen MR) is 114 cm³/mol. The first-order valence-corrected chi connectivity index (χ1v) is 10.2. The quantitative estimate of drug-likeness (QED) is 0.544. The van der Waals surface area contributed by atoms with Gasteiger partial charge in [-0.2, -0.15) is 0 Å². The molecule has 0 bridgehead atoms. The fourth-order valence-corrected chi connectivity index (χ4v) is 3.59. The number of amides is 1. The van der Waals surface area contributed by atoms with Crippen molar-refractivity contribution >= 4 is 40.3 Å². The smallest absolute Gasteiger partial charge is 0.279 e. The number of benzene rings is 2. The van der Waals surface area contributed by atoms with Crippen LogP contribution in [0.2, 0.25) is 0 Å². The zero-order valence-electron chi connectivity index (χ0n) is 14.9. The zero-order chi connectivity index (χ0) is 18.2. The molecule has 2 aromatic rings. The van der Waals surface area contributed by atoms with Gasteiger partial charge in [-0.15, -0.1) is 0 Å². The minimum atomic E-state index is 0.105. The van der Waals surface area contributed by atoms with Gasteiger partial charge in [0.15, 0.2) is 6.54 Å². The summed E-state index contributed by atoms with van der Waals surface area (Å²) in [4.78, 5) is 15.2. The van der Waals surface area contributed by atoms with Gasteiger partial charge in [0.2, 0.25) is 0 Å². The van der Waals surface area contributed by atoms with Gasteiger partial charge in [-0.3, -0.25) is 4.79 Å². The molecule has 0 aliphatic carbocycles. The molecule has 4 nitrogen and oxygen atoms in total. The van der Waals surface area contributed by atoms with Gasteiger partial charge in [0.1, 0.15) is 26.2 Å². The van der Waals surface area contributed by atoms with Crippen LogP contribution in [0.15, 0.2) is 60.7 Å². The number of carbonyl (C=O) groups is 1. The third-order valence-corrected chi connectivity index (χ3v) is 5.44. The lowest BCUT2D eigenvalue weighted by molar-refractivity contribution is -1.01. The molecule has 3 N–H and O–H groups in total. The van der Waals surface area contributed by atoms with Crippen molar-refractivity contribution < 1.29 is 14.6 Å². The van der Waals surface area contributed by atoms with E-state index >= 15 is 0 Å². The molecule has 0 atom stereocenters. The van der Waals surface area contributed by atoms with E-state index < -0.39 is 0 Å². The number of anilines is 1. The topological polar surface area (TPSA) is 38.0 Å².